The van der Waals surface area contributed by atoms with Crippen molar-refractivity contribution in [2.75, 3.05) is 25.0 Å². The van der Waals surface area contributed by atoms with E-state index in [4.69, 9.17) is 5.73 Å². The van der Waals surface area contributed by atoms with E-state index in [-0.39, 0.29) is 17.9 Å². The number of nitrogens with zero attached hydrogens (tertiary/aromatic N) is 1. The van der Waals surface area contributed by atoms with Crippen molar-refractivity contribution in [3.63, 3.8) is 0 Å². The van der Waals surface area contributed by atoms with E-state index in [1.54, 1.807) is 6.92 Å². The number of rotatable bonds is 5. The first-order valence-corrected chi connectivity index (χ1v) is 7.73. The summed E-state index contributed by atoms with van der Waals surface area (Å²) in [5.74, 6) is -0.257. The van der Waals surface area contributed by atoms with Gasteiger partial charge in [-0.25, -0.2) is 4.79 Å². The second kappa shape index (κ2) is 7.79. The Hall–Kier alpha value is -2.08. The van der Waals surface area contributed by atoms with Gasteiger partial charge in [0.1, 0.15) is 0 Å². The Bertz CT molecular complexity index is 527. The molecule has 22 heavy (non-hydrogen) atoms. The fraction of sp³-hybridized carbons (Fsp3) is 0.500. The van der Waals surface area contributed by atoms with Gasteiger partial charge in [0.25, 0.3) is 0 Å². The molecule has 1 saturated heterocycles. The molecule has 0 aromatic heterocycles. The summed E-state index contributed by atoms with van der Waals surface area (Å²) >= 11 is 0. The Morgan fingerprint density at radius 2 is 2.05 bits per heavy atom. The Morgan fingerprint density at radius 1 is 1.32 bits per heavy atom. The van der Waals surface area contributed by atoms with Gasteiger partial charge in [-0.15, -0.1) is 0 Å². The number of carbonyl (C=O) groups is 2. The molecule has 6 heteroatoms. The molecule has 1 atom stereocenters. The predicted octanol–water partition coefficient (Wildman–Crippen LogP) is 1.53. The molecule has 120 valence electrons. The third kappa shape index (κ3) is 4.46. The summed E-state index contributed by atoms with van der Waals surface area (Å²) in [6.45, 7) is 4.19. The van der Waals surface area contributed by atoms with Gasteiger partial charge in [0.05, 0.1) is 0 Å². The van der Waals surface area contributed by atoms with Crippen LogP contribution in [-0.2, 0) is 11.3 Å². The number of carbonyl (C=O) groups excluding carboxylic acids is 2. The molecule has 0 spiro atoms. The number of anilines is 1. The van der Waals surface area contributed by atoms with Crippen LogP contribution in [0.15, 0.2) is 24.3 Å². The zero-order valence-electron chi connectivity index (χ0n) is 13.0. The summed E-state index contributed by atoms with van der Waals surface area (Å²) in [7, 11) is 0. The van der Waals surface area contributed by atoms with Crippen LogP contribution in [0, 0.1) is 5.92 Å². The Labute approximate surface area is 131 Å². The Balaban J connectivity index is 1.89. The van der Waals surface area contributed by atoms with Crippen LogP contribution in [0.1, 0.15) is 25.3 Å². The fourth-order valence-corrected chi connectivity index (χ4v) is 2.35. The average Bonchev–Trinajstić information content (AvgIpc) is 3.06. The predicted molar refractivity (Wildman–Crippen MR) is 86.3 cm³/mol. The molecule has 1 unspecified atom stereocenters. The van der Waals surface area contributed by atoms with Crippen molar-refractivity contribution in [1.82, 2.24) is 10.2 Å². The maximum absolute atomic E-state index is 12.1. The van der Waals surface area contributed by atoms with Gasteiger partial charge < -0.3 is 21.3 Å². The van der Waals surface area contributed by atoms with Gasteiger partial charge in [-0.1, -0.05) is 19.1 Å². The van der Waals surface area contributed by atoms with Crippen LogP contribution in [0.3, 0.4) is 0 Å². The van der Waals surface area contributed by atoms with Crippen molar-refractivity contribution in [3.05, 3.63) is 29.8 Å². The van der Waals surface area contributed by atoms with E-state index in [1.165, 1.54) is 0 Å². The molecular formula is C16H24N4O2. The lowest BCUT2D eigenvalue weighted by Crippen LogP contribution is -2.33. The molecule has 1 heterocycles. The molecule has 0 aliphatic carbocycles. The molecule has 2 rings (SSSR count). The number of nitrogens with two attached hydrogens (primary N) is 1. The minimum atomic E-state index is -0.196. The van der Waals surface area contributed by atoms with Crippen LogP contribution in [0.2, 0.25) is 0 Å². The first-order valence-electron chi connectivity index (χ1n) is 7.73. The molecule has 0 radical (unpaired) electrons. The van der Waals surface area contributed by atoms with Crippen molar-refractivity contribution < 1.29 is 9.59 Å². The van der Waals surface area contributed by atoms with Gasteiger partial charge in [0.2, 0.25) is 5.91 Å². The minimum absolute atomic E-state index is 0.0598. The molecule has 6 nitrogen and oxygen atoms in total. The Kier molecular flexibility index (Phi) is 5.77. The number of urea groups is 1. The van der Waals surface area contributed by atoms with Gasteiger partial charge in [-0.05, 0) is 30.5 Å². The van der Waals surface area contributed by atoms with Crippen molar-refractivity contribution in [2.45, 2.75) is 26.3 Å². The summed E-state index contributed by atoms with van der Waals surface area (Å²) in [4.78, 5) is 25.6. The van der Waals surface area contributed by atoms with E-state index < -0.39 is 0 Å². The molecular weight excluding hydrogens is 280 g/mol. The number of nitrogens with one attached hydrogen (secondary N) is 2. The highest BCUT2D eigenvalue weighted by molar-refractivity contribution is 5.89. The largest absolute Gasteiger partial charge is 0.352 e. The van der Waals surface area contributed by atoms with Crippen LogP contribution >= 0.6 is 0 Å². The van der Waals surface area contributed by atoms with Crippen molar-refractivity contribution in [3.8, 4) is 0 Å². The average molecular weight is 304 g/mol. The summed E-state index contributed by atoms with van der Waals surface area (Å²) in [5, 5.41) is 5.74. The second-order valence-electron chi connectivity index (χ2n) is 5.68. The van der Waals surface area contributed by atoms with E-state index in [0.29, 0.717) is 13.1 Å². The fourth-order valence-electron chi connectivity index (χ4n) is 2.35. The molecule has 1 fully saturated rings. The first-order chi connectivity index (χ1) is 10.6. The third-order valence-corrected chi connectivity index (χ3v) is 3.84. The zero-order chi connectivity index (χ0) is 15.9. The van der Waals surface area contributed by atoms with Gasteiger partial charge in [-0.2, -0.15) is 0 Å². The molecule has 1 aliphatic rings. The highest BCUT2D eigenvalue weighted by Crippen LogP contribution is 2.14. The lowest BCUT2D eigenvalue weighted by atomic mass is 10.1. The third-order valence-electron chi connectivity index (χ3n) is 3.84. The van der Waals surface area contributed by atoms with Crippen molar-refractivity contribution in [1.29, 1.82) is 0 Å². The standard InChI is InChI=1S/C16H24N4O2/c1-12(10-17)15(21)18-11-13-5-4-6-14(9-13)19-16(22)20-7-2-3-8-20/h4-6,9,12H,2-3,7-8,10-11,17H2,1H3,(H,18,21)(H,19,22). The summed E-state index contributed by atoms with van der Waals surface area (Å²) < 4.78 is 0. The van der Waals surface area contributed by atoms with E-state index in [9.17, 15) is 9.59 Å². The number of hydrogen-bond acceptors (Lipinski definition) is 3. The van der Waals surface area contributed by atoms with Gasteiger partial charge >= 0.3 is 6.03 Å². The Morgan fingerprint density at radius 3 is 2.73 bits per heavy atom. The van der Waals surface area contributed by atoms with E-state index >= 15 is 0 Å². The van der Waals surface area contributed by atoms with Crippen molar-refractivity contribution in [2.24, 2.45) is 11.7 Å². The first kappa shape index (κ1) is 16.3. The van der Waals surface area contributed by atoms with E-state index in [2.05, 4.69) is 10.6 Å². The van der Waals surface area contributed by atoms with Gasteiger partial charge in [0.15, 0.2) is 0 Å². The van der Waals surface area contributed by atoms with Crippen molar-refractivity contribution >= 4 is 17.6 Å². The molecule has 1 aliphatic heterocycles. The van der Waals surface area contributed by atoms with Gasteiger partial charge in [0, 0.05) is 37.8 Å². The van der Waals surface area contributed by atoms with E-state index in [0.717, 1.165) is 37.2 Å². The van der Waals surface area contributed by atoms with Crippen LogP contribution in [0.4, 0.5) is 10.5 Å². The van der Waals surface area contributed by atoms with E-state index in [1.807, 2.05) is 29.2 Å². The molecule has 1 aromatic rings. The minimum Gasteiger partial charge on any atom is -0.352 e. The molecule has 3 amide bonds. The lowest BCUT2D eigenvalue weighted by molar-refractivity contribution is -0.124. The molecule has 0 bridgehead atoms. The number of hydrogen-bond donors (Lipinski definition) is 3. The van der Waals surface area contributed by atoms with Crippen LogP contribution in [0.25, 0.3) is 0 Å². The maximum Gasteiger partial charge on any atom is 0.321 e. The SMILES string of the molecule is CC(CN)C(=O)NCc1cccc(NC(=O)N2CCCC2)c1. The molecule has 1 aromatic carbocycles. The quantitative estimate of drug-likeness (QED) is 0.771. The summed E-state index contributed by atoms with van der Waals surface area (Å²) in [6.07, 6.45) is 2.14. The monoisotopic (exact) mass is 304 g/mol. The normalized spacial score (nSPS) is 15.5. The van der Waals surface area contributed by atoms with Gasteiger partial charge in [-0.3, -0.25) is 4.79 Å². The zero-order valence-corrected chi connectivity index (χ0v) is 13.0. The highest BCUT2D eigenvalue weighted by Gasteiger charge is 2.17. The topological polar surface area (TPSA) is 87.5 Å². The summed E-state index contributed by atoms with van der Waals surface area (Å²) in [5.41, 5.74) is 7.15. The van der Waals surface area contributed by atoms with Crippen LogP contribution < -0.4 is 16.4 Å². The van der Waals surface area contributed by atoms with Crippen LogP contribution in [-0.4, -0.2) is 36.5 Å². The number of amides is 3. The maximum atomic E-state index is 12.1. The lowest BCUT2D eigenvalue weighted by Gasteiger charge is -2.16. The van der Waals surface area contributed by atoms with Crippen LogP contribution in [0.5, 0.6) is 0 Å². The number of benzene rings is 1. The highest BCUT2D eigenvalue weighted by atomic mass is 16.2. The second-order valence-corrected chi connectivity index (χ2v) is 5.68. The summed E-state index contributed by atoms with van der Waals surface area (Å²) in [6, 6.07) is 7.45. The molecule has 0 saturated carbocycles. The smallest absolute Gasteiger partial charge is 0.321 e. The molecule has 4 N–H and O–H groups in total. The number of likely N-dealkylation sites (tertiary alicyclic amines) is 1.